The van der Waals surface area contributed by atoms with E-state index in [-0.39, 0.29) is 17.6 Å². The minimum Gasteiger partial charge on any atom is -0.497 e. The number of pyridine rings is 1. The number of aromatic carboxylic acids is 1. The van der Waals surface area contributed by atoms with Crippen molar-refractivity contribution < 1.29 is 14.6 Å². The number of rotatable bonds is 7. The van der Waals surface area contributed by atoms with Crippen LogP contribution >= 0.6 is 12.2 Å². The third kappa shape index (κ3) is 4.63. The van der Waals surface area contributed by atoms with E-state index in [1.54, 1.807) is 25.4 Å². The largest absolute Gasteiger partial charge is 0.497 e. The topological polar surface area (TPSA) is 79.6 Å². The molecule has 0 bridgehead atoms. The molecule has 1 aliphatic rings. The van der Waals surface area contributed by atoms with Crippen molar-refractivity contribution in [2.45, 2.75) is 39.4 Å². The summed E-state index contributed by atoms with van der Waals surface area (Å²) in [6.45, 7) is 6.74. The van der Waals surface area contributed by atoms with E-state index in [4.69, 9.17) is 17.0 Å². The predicted molar refractivity (Wildman–Crippen MR) is 151 cm³/mol. The summed E-state index contributed by atoms with van der Waals surface area (Å²) in [7, 11) is 1.66. The number of carbonyl (C=O) groups is 1. The van der Waals surface area contributed by atoms with Crippen LogP contribution in [-0.2, 0) is 6.54 Å². The standard InChI is InChI=1S/C30H30N4O3S/c1-18-8-11-22(29(35)36)16-26(18)34-19(2)15-24(20(34)3)28-27(25-7-5-6-14-31-25)32-30(38)33(28)17-21-9-12-23(37-4)13-10-21/h5-16,27-28H,17H2,1-4H3,(H,32,38)(H,35,36)/t27-,28+/m1/s1. The van der Waals surface area contributed by atoms with Crippen molar-refractivity contribution in [3.63, 3.8) is 0 Å². The zero-order valence-electron chi connectivity index (χ0n) is 21.8. The normalized spacial score (nSPS) is 16.9. The lowest BCUT2D eigenvalue weighted by atomic mass is 9.96. The quantitative estimate of drug-likeness (QED) is 0.300. The third-order valence-corrected chi connectivity index (χ3v) is 7.55. The molecular formula is C30H30N4O3S. The highest BCUT2D eigenvalue weighted by molar-refractivity contribution is 7.80. The first-order valence-electron chi connectivity index (χ1n) is 12.4. The van der Waals surface area contributed by atoms with Gasteiger partial charge in [0.15, 0.2) is 5.11 Å². The van der Waals surface area contributed by atoms with Crippen molar-refractivity contribution in [2.24, 2.45) is 0 Å². The van der Waals surface area contributed by atoms with E-state index in [0.29, 0.717) is 11.7 Å². The van der Waals surface area contributed by atoms with Crippen LogP contribution in [0.15, 0.2) is 72.9 Å². The van der Waals surface area contributed by atoms with Crippen molar-refractivity contribution in [3.8, 4) is 11.4 Å². The molecule has 0 spiro atoms. The first kappa shape index (κ1) is 25.5. The maximum Gasteiger partial charge on any atom is 0.335 e. The maximum atomic E-state index is 11.7. The Kier molecular flexibility index (Phi) is 6.91. The SMILES string of the molecule is COc1ccc(CN2C(=S)N[C@H](c3ccccn3)[C@@H]2c2cc(C)n(-c3cc(C(=O)O)ccc3C)c2C)cc1. The molecule has 1 aliphatic heterocycles. The van der Waals surface area contributed by atoms with E-state index in [2.05, 4.69) is 44.9 Å². The van der Waals surface area contributed by atoms with Gasteiger partial charge in [-0.25, -0.2) is 4.79 Å². The molecule has 0 amide bonds. The number of carboxylic acid groups (broad SMARTS) is 1. The summed E-state index contributed by atoms with van der Waals surface area (Å²) in [4.78, 5) is 18.6. The van der Waals surface area contributed by atoms with Crippen molar-refractivity contribution in [1.29, 1.82) is 0 Å². The number of aryl methyl sites for hydroxylation is 2. The van der Waals surface area contributed by atoms with Gasteiger partial charge in [0, 0.05) is 29.8 Å². The van der Waals surface area contributed by atoms with E-state index in [1.807, 2.05) is 50.2 Å². The fraction of sp³-hybridized carbons (Fsp3) is 0.233. The van der Waals surface area contributed by atoms with Crippen LogP contribution in [0.5, 0.6) is 5.75 Å². The highest BCUT2D eigenvalue weighted by atomic mass is 32.1. The van der Waals surface area contributed by atoms with Crippen molar-refractivity contribution >= 4 is 23.3 Å². The van der Waals surface area contributed by atoms with E-state index in [0.717, 1.165) is 45.2 Å². The zero-order chi connectivity index (χ0) is 27.0. The van der Waals surface area contributed by atoms with Crippen LogP contribution in [0.4, 0.5) is 0 Å². The summed E-state index contributed by atoms with van der Waals surface area (Å²) in [6.07, 6.45) is 1.80. The Morgan fingerprint density at radius 2 is 1.84 bits per heavy atom. The van der Waals surface area contributed by atoms with Crippen LogP contribution < -0.4 is 10.1 Å². The Hall–Kier alpha value is -4.17. The molecule has 2 aromatic heterocycles. The number of nitrogens with one attached hydrogen (secondary N) is 1. The number of ether oxygens (including phenoxy) is 1. The first-order valence-corrected chi connectivity index (χ1v) is 12.8. The molecule has 38 heavy (non-hydrogen) atoms. The van der Waals surface area contributed by atoms with Gasteiger partial charge in [-0.1, -0.05) is 24.3 Å². The Morgan fingerprint density at radius 1 is 1.08 bits per heavy atom. The van der Waals surface area contributed by atoms with Gasteiger partial charge < -0.3 is 24.6 Å². The average molecular weight is 527 g/mol. The lowest BCUT2D eigenvalue weighted by Crippen LogP contribution is -2.29. The Morgan fingerprint density at radius 3 is 2.50 bits per heavy atom. The van der Waals surface area contributed by atoms with Crippen LogP contribution in [0.1, 0.15) is 56.2 Å². The van der Waals surface area contributed by atoms with Gasteiger partial charge in [-0.3, -0.25) is 4.98 Å². The molecule has 0 saturated carbocycles. The molecule has 2 atom stereocenters. The van der Waals surface area contributed by atoms with Crippen LogP contribution in [0.25, 0.3) is 5.69 Å². The molecule has 4 aromatic rings. The van der Waals surface area contributed by atoms with Gasteiger partial charge in [0.1, 0.15) is 5.75 Å². The maximum absolute atomic E-state index is 11.7. The molecule has 0 unspecified atom stereocenters. The second kappa shape index (κ2) is 10.3. The molecule has 2 N–H and O–H groups in total. The molecule has 0 aliphatic carbocycles. The number of hydrogen-bond donors (Lipinski definition) is 2. The fourth-order valence-corrected chi connectivity index (χ4v) is 5.59. The van der Waals surface area contributed by atoms with Gasteiger partial charge in [-0.05, 0) is 92.1 Å². The van der Waals surface area contributed by atoms with E-state index >= 15 is 0 Å². The van der Waals surface area contributed by atoms with Gasteiger partial charge in [-0.2, -0.15) is 0 Å². The van der Waals surface area contributed by atoms with Gasteiger partial charge in [0.2, 0.25) is 0 Å². The summed E-state index contributed by atoms with van der Waals surface area (Å²) >= 11 is 5.88. The average Bonchev–Trinajstić information content (AvgIpc) is 3.39. The molecule has 8 heteroatoms. The number of benzene rings is 2. The van der Waals surface area contributed by atoms with Gasteiger partial charge >= 0.3 is 5.97 Å². The van der Waals surface area contributed by atoms with Gasteiger partial charge in [0.05, 0.1) is 30.5 Å². The highest BCUT2D eigenvalue weighted by Crippen LogP contribution is 2.42. The molecule has 0 radical (unpaired) electrons. The van der Waals surface area contributed by atoms with Crippen molar-refractivity contribution in [1.82, 2.24) is 19.8 Å². The fourth-order valence-electron chi connectivity index (χ4n) is 5.28. The summed E-state index contributed by atoms with van der Waals surface area (Å²) in [6, 6.07) is 21.1. The Balaban J connectivity index is 1.62. The number of aromatic nitrogens is 2. The molecule has 194 valence electrons. The van der Waals surface area contributed by atoms with E-state index < -0.39 is 5.97 Å². The van der Waals surface area contributed by atoms with Gasteiger partial charge in [-0.15, -0.1) is 0 Å². The third-order valence-electron chi connectivity index (χ3n) is 7.20. The zero-order valence-corrected chi connectivity index (χ0v) is 22.6. The smallest absolute Gasteiger partial charge is 0.335 e. The minimum atomic E-state index is -0.944. The molecule has 5 rings (SSSR count). The molecule has 2 aromatic carbocycles. The second-order valence-electron chi connectivity index (χ2n) is 9.57. The number of nitrogens with zero attached hydrogens (tertiary/aromatic N) is 3. The number of carboxylic acids is 1. The Bertz CT molecular complexity index is 1500. The van der Waals surface area contributed by atoms with Crippen LogP contribution in [0.3, 0.4) is 0 Å². The summed E-state index contributed by atoms with van der Waals surface area (Å²) in [5.41, 5.74) is 7.30. The van der Waals surface area contributed by atoms with Gasteiger partial charge in [0.25, 0.3) is 0 Å². The monoisotopic (exact) mass is 526 g/mol. The van der Waals surface area contributed by atoms with Crippen LogP contribution in [0, 0.1) is 20.8 Å². The second-order valence-corrected chi connectivity index (χ2v) is 9.96. The van der Waals surface area contributed by atoms with E-state index in [1.165, 1.54) is 0 Å². The molecule has 1 fully saturated rings. The predicted octanol–water partition coefficient (Wildman–Crippen LogP) is 5.68. The summed E-state index contributed by atoms with van der Waals surface area (Å²) < 4.78 is 7.47. The first-order chi connectivity index (χ1) is 18.3. The van der Waals surface area contributed by atoms with E-state index in [9.17, 15) is 9.90 Å². The van der Waals surface area contributed by atoms with Crippen LogP contribution in [0.2, 0.25) is 0 Å². The van der Waals surface area contributed by atoms with Crippen LogP contribution in [-0.4, -0.2) is 37.7 Å². The lowest BCUT2D eigenvalue weighted by molar-refractivity contribution is 0.0697. The summed E-state index contributed by atoms with van der Waals surface area (Å²) in [5, 5.41) is 13.8. The number of hydrogen-bond acceptors (Lipinski definition) is 4. The lowest BCUT2D eigenvalue weighted by Gasteiger charge is -2.28. The summed E-state index contributed by atoms with van der Waals surface area (Å²) in [5.74, 6) is -0.138. The number of thiocarbonyl (C=S) groups is 1. The molecule has 1 saturated heterocycles. The molecule has 7 nitrogen and oxygen atoms in total. The Labute approximate surface area is 227 Å². The van der Waals surface area contributed by atoms with Crippen molar-refractivity contribution in [3.05, 3.63) is 112 Å². The highest BCUT2D eigenvalue weighted by Gasteiger charge is 2.41. The molecule has 3 heterocycles. The number of methoxy groups -OCH3 is 1. The minimum absolute atomic E-state index is 0.123. The molecular weight excluding hydrogens is 496 g/mol. The van der Waals surface area contributed by atoms with Crippen molar-refractivity contribution in [2.75, 3.05) is 7.11 Å².